The van der Waals surface area contributed by atoms with Crippen LogP contribution in [0.5, 0.6) is 17.2 Å². The first-order valence-electron chi connectivity index (χ1n) is 7.20. The molecule has 3 rings (SSSR count). The van der Waals surface area contributed by atoms with Gasteiger partial charge in [0, 0.05) is 22.8 Å². The molecule has 2 heterocycles. The summed E-state index contributed by atoms with van der Waals surface area (Å²) in [4.78, 5) is 9.11. The van der Waals surface area contributed by atoms with Gasteiger partial charge in [-0.05, 0) is 37.3 Å². The van der Waals surface area contributed by atoms with Crippen LogP contribution in [0.15, 0.2) is 36.5 Å². The fraction of sp³-hybridized carbons (Fsp3) is 0.222. The Kier molecular flexibility index (Phi) is 4.02. The topological polar surface area (TPSA) is 53.5 Å². The fourth-order valence-electron chi connectivity index (χ4n) is 2.62. The summed E-state index contributed by atoms with van der Waals surface area (Å²) in [5.41, 5.74) is 3.53. The van der Waals surface area contributed by atoms with E-state index < -0.39 is 0 Å². The number of aryl methyl sites for hydroxylation is 1. The smallest absolute Gasteiger partial charge is 0.203 e. The third kappa shape index (κ3) is 2.65. The van der Waals surface area contributed by atoms with E-state index in [2.05, 4.69) is 9.97 Å². The molecule has 3 aromatic rings. The number of aromatic nitrogens is 2. The third-order valence-corrected chi connectivity index (χ3v) is 3.75. The Morgan fingerprint density at radius 1 is 0.913 bits per heavy atom. The summed E-state index contributed by atoms with van der Waals surface area (Å²) in [6.45, 7) is 1.98. The number of rotatable bonds is 4. The molecule has 1 aromatic carbocycles. The van der Waals surface area contributed by atoms with Crippen molar-refractivity contribution in [2.75, 3.05) is 21.3 Å². The monoisotopic (exact) mass is 310 g/mol. The molecule has 0 aliphatic rings. The average molecular weight is 310 g/mol. The van der Waals surface area contributed by atoms with Crippen LogP contribution in [0.2, 0.25) is 0 Å². The van der Waals surface area contributed by atoms with Crippen LogP contribution in [-0.2, 0) is 0 Å². The highest BCUT2D eigenvalue weighted by molar-refractivity contribution is 5.85. The summed E-state index contributed by atoms with van der Waals surface area (Å²) in [7, 11) is 4.78. The molecule has 2 aromatic heterocycles. The van der Waals surface area contributed by atoms with Crippen LogP contribution in [0.3, 0.4) is 0 Å². The summed E-state index contributed by atoms with van der Waals surface area (Å²) in [6, 6.07) is 9.67. The maximum atomic E-state index is 5.41. The Hall–Kier alpha value is -2.82. The second kappa shape index (κ2) is 6.12. The summed E-state index contributed by atoms with van der Waals surface area (Å²) in [5, 5.41) is 1.05. The van der Waals surface area contributed by atoms with Crippen LogP contribution in [0.1, 0.15) is 5.69 Å². The van der Waals surface area contributed by atoms with E-state index in [1.54, 1.807) is 27.5 Å². The highest BCUT2D eigenvalue weighted by Gasteiger charge is 2.15. The molecule has 0 saturated heterocycles. The van der Waals surface area contributed by atoms with Crippen molar-refractivity contribution < 1.29 is 14.2 Å². The largest absolute Gasteiger partial charge is 0.493 e. The number of pyridine rings is 2. The SMILES string of the molecule is COc1cc(-c2cc3ncccc3c(C)n2)cc(OC)c1OC. The van der Waals surface area contributed by atoms with E-state index in [0.29, 0.717) is 17.2 Å². The molecular formula is C18H18N2O3. The van der Waals surface area contributed by atoms with Gasteiger partial charge >= 0.3 is 0 Å². The third-order valence-electron chi connectivity index (χ3n) is 3.75. The Morgan fingerprint density at radius 2 is 1.61 bits per heavy atom. The van der Waals surface area contributed by atoms with Crippen LogP contribution in [0, 0.1) is 6.92 Å². The Labute approximate surface area is 134 Å². The van der Waals surface area contributed by atoms with Gasteiger partial charge in [0.15, 0.2) is 11.5 Å². The summed E-state index contributed by atoms with van der Waals surface area (Å²) in [6.07, 6.45) is 1.78. The molecule has 0 amide bonds. The standard InChI is InChI=1S/C18H18N2O3/c1-11-13-6-5-7-19-15(13)10-14(20-11)12-8-16(21-2)18(23-4)17(9-12)22-3/h5-10H,1-4H3. The summed E-state index contributed by atoms with van der Waals surface area (Å²) < 4.78 is 16.2. The minimum atomic E-state index is 0.564. The Morgan fingerprint density at radius 3 is 2.22 bits per heavy atom. The van der Waals surface area contributed by atoms with Gasteiger partial charge in [0.1, 0.15) is 0 Å². The maximum Gasteiger partial charge on any atom is 0.203 e. The zero-order valence-corrected chi connectivity index (χ0v) is 13.6. The first kappa shape index (κ1) is 15.1. The van der Waals surface area contributed by atoms with Crippen molar-refractivity contribution in [2.24, 2.45) is 0 Å². The molecule has 5 heteroatoms. The second-order valence-corrected chi connectivity index (χ2v) is 5.08. The maximum absolute atomic E-state index is 5.41. The molecule has 5 nitrogen and oxygen atoms in total. The lowest BCUT2D eigenvalue weighted by Crippen LogP contribution is -1.97. The number of nitrogens with zero attached hydrogens (tertiary/aromatic N) is 2. The van der Waals surface area contributed by atoms with Crippen molar-refractivity contribution in [1.29, 1.82) is 0 Å². The van der Waals surface area contributed by atoms with Gasteiger partial charge in [-0.25, -0.2) is 0 Å². The second-order valence-electron chi connectivity index (χ2n) is 5.08. The van der Waals surface area contributed by atoms with Gasteiger partial charge in [-0.2, -0.15) is 0 Å². The molecule has 0 bridgehead atoms. The van der Waals surface area contributed by atoms with Gasteiger partial charge in [-0.3, -0.25) is 9.97 Å². The van der Waals surface area contributed by atoms with E-state index in [1.807, 2.05) is 37.3 Å². The van der Waals surface area contributed by atoms with Gasteiger partial charge in [0.25, 0.3) is 0 Å². The molecule has 0 radical (unpaired) electrons. The Bertz CT molecular complexity index is 837. The fourth-order valence-corrected chi connectivity index (χ4v) is 2.62. The van der Waals surface area contributed by atoms with Crippen molar-refractivity contribution in [2.45, 2.75) is 6.92 Å². The van der Waals surface area contributed by atoms with Crippen molar-refractivity contribution in [1.82, 2.24) is 9.97 Å². The number of hydrogen-bond donors (Lipinski definition) is 0. The van der Waals surface area contributed by atoms with E-state index in [4.69, 9.17) is 14.2 Å². The predicted molar refractivity (Wildman–Crippen MR) is 89.4 cm³/mol. The molecule has 0 aliphatic heterocycles. The lowest BCUT2D eigenvalue weighted by molar-refractivity contribution is 0.324. The molecule has 0 unspecified atom stereocenters. The van der Waals surface area contributed by atoms with Crippen molar-refractivity contribution in [3.8, 4) is 28.5 Å². The molecule has 0 saturated carbocycles. The molecule has 0 spiro atoms. The lowest BCUT2D eigenvalue weighted by Gasteiger charge is -2.14. The minimum Gasteiger partial charge on any atom is -0.493 e. The normalized spacial score (nSPS) is 10.6. The van der Waals surface area contributed by atoms with Gasteiger partial charge in [0.2, 0.25) is 5.75 Å². The number of methoxy groups -OCH3 is 3. The Balaban J connectivity index is 2.22. The minimum absolute atomic E-state index is 0.564. The van der Waals surface area contributed by atoms with E-state index in [0.717, 1.165) is 27.9 Å². The lowest BCUT2D eigenvalue weighted by atomic mass is 10.1. The molecule has 0 atom stereocenters. The van der Waals surface area contributed by atoms with Crippen molar-refractivity contribution >= 4 is 10.9 Å². The zero-order chi connectivity index (χ0) is 16.4. The molecular weight excluding hydrogens is 292 g/mol. The van der Waals surface area contributed by atoms with Crippen molar-refractivity contribution in [3.05, 3.63) is 42.2 Å². The quantitative estimate of drug-likeness (QED) is 0.736. The number of ether oxygens (including phenoxy) is 3. The summed E-state index contributed by atoms with van der Waals surface area (Å²) in [5.74, 6) is 1.76. The molecule has 0 fully saturated rings. The van der Waals surface area contributed by atoms with Gasteiger partial charge in [0.05, 0.1) is 32.5 Å². The van der Waals surface area contributed by atoms with Crippen LogP contribution in [0.4, 0.5) is 0 Å². The molecule has 118 valence electrons. The first-order chi connectivity index (χ1) is 11.2. The number of fused-ring (bicyclic) bond motifs is 1. The van der Waals surface area contributed by atoms with Crippen LogP contribution >= 0.6 is 0 Å². The number of benzene rings is 1. The van der Waals surface area contributed by atoms with Crippen LogP contribution in [0.25, 0.3) is 22.2 Å². The van der Waals surface area contributed by atoms with Crippen molar-refractivity contribution in [3.63, 3.8) is 0 Å². The van der Waals surface area contributed by atoms with Gasteiger partial charge in [-0.15, -0.1) is 0 Å². The molecule has 0 aliphatic carbocycles. The van der Waals surface area contributed by atoms with Crippen LogP contribution in [-0.4, -0.2) is 31.3 Å². The van der Waals surface area contributed by atoms with Gasteiger partial charge in [-0.1, -0.05) is 0 Å². The molecule has 0 N–H and O–H groups in total. The number of hydrogen-bond acceptors (Lipinski definition) is 5. The zero-order valence-electron chi connectivity index (χ0n) is 13.6. The van der Waals surface area contributed by atoms with E-state index in [-0.39, 0.29) is 0 Å². The molecule has 23 heavy (non-hydrogen) atoms. The van der Waals surface area contributed by atoms with E-state index >= 15 is 0 Å². The predicted octanol–water partition coefficient (Wildman–Crippen LogP) is 3.63. The average Bonchev–Trinajstić information content (AvgIpc) is 2.60. The van der Waals surface area contributed by atoms with E-state index in [1.165, 1.54) is 0 Å². The van der Waals surface area contributed by atoms with Gasteiger partial charge < -0.3 is 14.2 Å². The highest BCUT2D eigenvalue weighted by Crippen LogP contribution is 2.41. The van der Waals surface area contributed by atoms with E-state index in [9.17, 15) is 0 Å². The first-order valence-corrected chi connectivity index (χ1v) is 7.20. The highest BCUT2D eigenvalue weighted by atomic mass is 16.5. The van der Waals surface area contributed by atoms with Crippen LogP contribution < -0.4 is 14.2 Å². The summed E-state index contributed by atoms with van der Waals surface area (Å²) >= 11 is 0.